The lowest BCUT2D eigenvalue weighted by molar-refractivity contribution is -0.118. The number of hydrogen-bond acceptors (Lipinski definition) is 6. The van der Waals surface area contributed by atoms with Crippen LogP contribution in [0.3, 0.4) is 0 Å². The van der Waals surface area contributed by atoms with Gasteiger partial charge in [0.2, 0.25) is 0 Å². The third kappa shape index (κ3) is 5.92. The molecule has 5 rings (SSSR count). The van der Waals surface area contributed by atoms with Crippen LogP contribution < -0.4 is 14.8 Å². The van der Waals surface area contributed by atoms with Crippen molar-refractivity contribution >= 4 is 34.2 Å². The first kappa shape index (κ1) is 23.6. The van der Waals surface area contributed by atoms with E-state index in [1.165, 1.54) is 0 Å². The number of carbonyl (C=O) groups is 2. The summed E-state index contributed by atoms with van der Waals surface area (Å²) in [5.74, 6) is 2.05. The molecule has 1 N–H and O–H groups in total. The molecule has 0 spiro atoms. The van der Waals surface area contributed by atoms with Crippen molar-refractivity contribution < 1.29 is 23.8 Å². The molecule has 3 aromatic rings. The van der Waals surface area contributed by atoms with Crippen LogP contribution in [0.2, 0.25) is 5.02 Å². The molecule has 1 aliphatic carbocycles. The van der Waals surface area contributed by atoms with Crippen molar-refractivity contribution in [3.8, 4) is 17.2 Å². The summed E-state index contributed by atoms with van der Waals surface area (Å²) in [5.41, 5.74) is 1.83. The van der Waals surface area contributed by atoms with Gasteiger partial charge in [-0.15, -0.1) is 0 Å². The van der Waals surface area contributed by atoms with E-state index in [9.17, 15) is 9.59 Å². The number of epoxide rings is 1. The van der Waals surface area contributed by atoms with Gasteiger partial charge in [0, 0.05) is 42.1 Å². The molecular weight excluding hydrogens is 468 g/mol. The molecule has 1 aliphatic heterocycles. The second-order valence-corrected chi connectivity index (χ2v) is 9.43. The summed E-state index contributed by atoms with van der Waals surface area (Å²) in [4.78, 5) is 29.4. The predicted octanol–water partition coefficient (Wildman–Crippen LogP) is 5.12. The summed E-state index contributed by atoms with van der Waals surface area (Å²) in [7, 11) is 0. The number of nitrogens with zero attached hydrogens (tertiary/aromatic N) is 1. The van der Waals surface area contributed by atoms with Crippen molar-refractivity contribution in [3.63, 3.8) is 0 Å². The zero-order valence-corrected chi connectivity index (χ0v) is 20.3. The topological polar surface area (TPSA) is 90.0 Å². The number of halogens is 1. The van der Waals surface area contributed by atoms with E-state index in [-0.39, 0.29) is 17.8 Å². The highest BCUT2D eigenvalue weighted by molar-refractivity contribution is 6.31. The fourth-order valence-corrected chi connectivity index (χ4v) is 4.16. The number of Topliss-reactive ketones (excluding diaryl/α,β-unsaturated/α-hetero) is 1. The number of hydrogen-bond donors (Lipinski definition) is 1. The van der Waals surface area contributed by atoms with Crippen molar-refractivity contribution in [2.75, 3.05) is 19.8 Å². The Morgan fingerprint density at radius 3 is 2.71 bits per heavy atom. The van der Waals surface area contributed by atoms with E-state index in [0.717, 1.165) is 18.4 Å². The van der Waals surface area contributed by atoms with Gasteiger partial charge >= 0.3 is 0 Å². The van der Waals surface area contributed by atoms with Crippen molar-refractivity contribution in [2.45, 2.75) is 38.7 Å². The predicted molar refractivity (Wildman–Crippen MR) is 133 cm³/mol. The summed E-state index contributed by atoms with van der Waals surface area (Å²) >= 11 is 6.47. The molecule has 7 nitrogen and oxygen atoms in total. The van der Waals surface area contributed by atoms with Gasteiger partial charge in [0.05, 0.1) is 17.7 Å². The normalized spacial score (nSPS) is 16.7. The Labute approximate surface area is 208 Å². The van der Waals surface area contributed by atoms with E-state index in [2.05, 4.69) is 10.3 Å². The zero-order chi connectivity index (χ0) is 24.4. The van der Waals surface area contributed by atoms with E-state index in [1.54, 1.807) is 36.5 Å². The molecule has 2 aliphatic rings. The molecule has 1 saturated heterocycles. The number of benzene rings is 2. The number of amides is 1. The minimum absolute atomic E-state index is 0.0622. The molecule has 182 valence electrons. The molecule has 1 atom stereocenters. The lowest BCUT2D eigenvalue weighted by atomic mass is 10.0. The average Bonchev–Trinajstić information content (AvgIpc) is 3.76. The van der Waals surface area contributed by atoms with Gasteiger partial charge in [-0.25, -0.2) is 0 Å². The monoisotopic (exact) mass is 494 g/mol. The Kier molecular flexibility index (Phi) is 6.88. The maximum absolute atomic E-state index is 12.8. The van der Waals surface area contributed by atoms with Gasteiger partial charge < -0.3 is 19.5 Å². The first-order chi connectivity index (χ1) is 17.0. The van der Waals surface area contributed by atoms with Crippen LogP contribution in [0.25, 0.3) is 10.9 Å². The highest BCUT2D eigenvalue weighted by Gasteiger charge is 2.26. The molecule has 2 heterocycles. The molecule has 0 unspecified atom stereocenters. The van der Waals surface area contributed by atoms with Crippen LogP contribution in [-0.2, 0) is 16.0 Å². The number of carbonyl (C=O) groups excluding carboxylic acids is 2. The SMILES string of the molecule is CCNC(=O)c1cc2c(Oc3ccc(CC(=O)CC4CC4)c(Cl)c3)ccnc2cc1OC[C@H]1CO1. The third-order valence-electron chi connectivity index (χ3n) is 6.07. The molecular formula is C27H27ClN2O5. The lowest BCUT2D eigenvalue weighted by Crippen LogP contribution is -2.23. The van der Waals surface area contributed by atoms with E-state index < -0.39 is 0 Å². The third-order valence-corrected chi connectivity index (χ3v) is 6.42. The number of fused-ring (bicyclic) bond motifs is 1. The van der Waals surface area contributed by atoms with Crippen LogP contribution in [-0.4, -0.2) is 42.5 Å². The molecule has 0 radical (unpaired) electrons. The van der Waals surface area contributed by atoms with Crippen LogP contribution in [0.15, 0.2) is 42.6 Å². The second kappa shape index (κ2) is 10.2. The van der Waals surface area contributed by atoms with Gasteiger partial charge in [0.25, 0.3) is 5.91 Å². The summed E-state index contributed by atoms with van der Waals surface area (Å²) in [6.07, 6.45) is 4.96. The maximum atomic E-state index is 12.8. The zero-order valence-electron chi connectivity index (χ0n) is 19.5. The fourth-order valence-electron chi connectivity index (χ4n) is 3.93. The van der Waals surface area contributed by atoms with Crippen molar-refractivity contribution in [3.05, 3.63) is 58.7 Å². The quantitative estimate of drug-likeness (QED) is 0.372. The molecule has 2 aromatic carbocycles. The van der Waals surface area contributed by atoms with E-state index >= 15 is 0 Å². The van der Waals surface area contributed by atoms with E-state index in [4.69, 9.17) is 25.8 Å². The number of aromatic nitrogens is 1. The number of nitrogens with one attached hydrogen (secondary N) is 1. The van der Waals surface area contributed by atoms with E-state index in [1.807, 2.05) is 13.0 Å². The molecule has 8 heteroatoms. The van der Waals surface area contributed by atoms with Crippen LogP contribution in [0.1, 0.15) is 42.1 Å². The Morgan fingerprint density at radius 1 is 1.17 bits per heavy atom. The van der Waals surface area contributed by atoms with Gasteiger partial charge in [0.1, 0.15) is 35.7 Å². The molecule has 1 saturated carbocycles. The first-order valence-electron chi connectivity index (χ1n) is 11.9. The number of pyridine rings is 1. The minimum Gasteiger partial charge on any atom is -0.490 e. The molecule has 1 amide bonds. The number of ether oxygens (including phenoxy) is 3. The van der Waals surface area contributed by atoms with Gasteiger partial charge in [-0.1, -0.05) is 17.7 Å². The Balaban J connectivity index is 1.40. The standard InChI is InChI=1S/C27H27ClN2O5/c1-2-29-27(32)22-12-21-24(13-26(22)34-15-20-14-33-20)30-8-7-25(21)35-19-6-5-17(23(28)11-19)10-18(31)9-16-3-4-16/h5-8,11-13,16,20H,2-4,9-10,14-15H2,1H3,(H,29,32)/t20-/m1/s1. The Bertz CT molecular complexity index is 1270. The van der Waals surface area contributed by atoms with Crippen LogP contribution in [0, 0.1) is 5.92 Å². The number of ketones is 1. The summed E-state index contributed by atoms with van der Waals surface area (Å²) in [6, 6.07) is 10.6. The Hall–Kier alpha value is -3.16. The van der Waals surface area contributed by atoms with Crippen molar-refractivity contribution in [1.82, 2.24) is 10.3 Å². The number of rotatable bonds is 11. The summed E-state index contributed by atoms with van der Waals surface area (Å²) in [6.45, 7) is 3.39. The van der Waals surface area contributed by atoms with Gasteiger partial charge in [-0.05, 0) is 55.5 Å². The smallest absolute Gasteiger partial charge is 0.255 e. The van der Waals surface area contributed by atoms with Crippen LogP contribution in [0.4, 0.5) is 0 Å². The van der Waals surface area contributed by atoms with E-state index in [0.29, 0.717) is 77.3 Å². The second-order valence-electron chi connectivity index (χ2n) is 9.02. The summed E-state index contributed by atoms with van der Waals surface area (Å²) in [5, 5.41) is 3.99. The highest BCUT2D eigenvalue weighted by Crippen LogP contribution is 2.36. The van der Waals surface area contributed by atoms with Crippen molar-refractivity contribution in [1.29, 1.82) is 0 Å². The minimum atomic E-state index is -0.237. The van der Waals surface area contributed by atoms with Gasteiger partial charge in [-0.3, -0.25) is 14.6 Å². The highest BCUT2D eigenvalue weighted by atomic mass is 35.5. The lowest BCUT2D eigenvalue weighted by Gasteiger charge is -2.14. The van der Waals surface area contributed by atoms with Crippen LogP contribution >= 0.6 is 11.6 Å². The molecule has 2 fully saturated rings. The molecule has 1 aromatic heterocycles. The summed E-state index contributed by atoms with van der Waals surface area (Å²) < 4.78 is 17.2. The van der Waals surface area contributed by atoms with Crippen LogP contribution in [0.5, 0.6) is 17.2 Å². The molecule has 35 heavy (non-hydrogen) atoms. The fraction of sp³-hybridized carbons (Fsp3) is 0.370. The van der Waals surface area contributed by atoms with Gasteiger partial charge in [-0.2, -0.15) is 0 Å². The Morgan fingerprint density at radius 2 is 2.00 bits per heavy atom. The largest absolute Gasteiger partial charge is 0.490 e. The maximum Gasteiger partial charge on any atom is 0.255 e. The average molecular weight is 495 g/mol. The van der Waals surface area contributed by atoms with Crippen molar-refractivity contribution in [2.24, 2.45) is 5.92 Å². The molecule has 0 bridgehead atoms. The van der Waals surface area contributed by atoms with Gasteiger partial charge in [0.15, 0.2) is 0 Å². The first-order valence-corrected chi connectivity index (χ1v) is 12.3.